The first-order valence-corrected chi connectivity index (χ1v) is 10.8. The summed E-state index contributed by atoms with van der Waals surface area (Å²) >= 11 is 0. The second-order valence-electron chi connectivity index (χ2n) is 6.75. The summed E-state index contributed by atoms with van der Waals surface area (Å²) in [6.45, 7) is 0. The maximum absolute atomic E-state index is 13.9. The van der Waals surface area contributed by atoms with Crippen LogP contribution in [0.5, 0.6) is 5.75 Å². The molecule has 0 aromatic heterocycles. The molecule has 0 aliphatic carbocycles. The number of hydrogen-bond acceptors (Lipinski definition) is 2. The van der Waals surface area contributed by atoms with Crippen LogP contribution in [0.3, 0.4) is 0 Å². The van der Waals surface area contributed by atoms with Crippen LogP contribution in [-0.4, -0.2) is 5.97 Å². The molecule has 8 heteroatoms. The van der Waals surface area contributed by atoms with E-state index in [-0.39, 0.29) is 5.56 Å². The van der Waals surface area contributed by atoms with Gasteiger partial charge in [-0.25, -0.2) is 18.0 Å². The van der Waals surface area contributed by atoms with Crippen LogP contribution in [0.1, 0.15) is 10.4 Å². The molecule has 0 heterocycles. The molecule has 0 fully saturated rings. The average Bonchev–Trinajstić information content (AvgIpc) is 2.86. The van der Waals surface area contributed by atoms with Crippen molar-refractivity contribution in [2.75, 3.05) is 0 Å². The Labute approximate surface area is 188 Å². The summed E-state index contributed by atoms with van der Waals surface area (Å²) in [5.74, 6) is -14.1. The first-order chi connectivity index (χ1) is 15.9. The van der Waals surface area contributed by atoms with Crippen LogP contribution in [0.25, 0.3) is 0 Å². The van der Waals surface area contributed by atoms with Gasteiger partial charge in [-0.2, -0.15) is 8.78 Å². The Morgan fingerprint density at radius 2 is 1.03 bits per heavy atom. The van der Waals surface area contributed by atoms with Crippen molar-refractivity contribution in [3.05, 3.63) is 120 Å². The first kappa shape index (κ1) is 22.5. The largest absolute Gasteiger partial charge is 0.416 e. The van der Waals surface area contributed by atoms with E-state index in [2.05, 4.69) is 4.74 Å². The lowest BCUT2D eigenvalue weighted by molar-refractivity contribution is 0.0715. The van der Waals surface area contributed by atoms with Crippen LogP contribution >= 0.6 is 0 Å². The minimum Gasteiger partial charge on any atom is -0.416 e. The van der Waals surface area contributed by atoms with Gasteiger partial charge in [0, 0.05) is 6.07 Å². The highest BCUT2D eigenvalue weighted by Gasteiger charge is 2.31. The summed E-state index contributed by atoms with van der Waals surface area (Å²) < 4.78 is 72.6. The molecule has 33 heavy (non-hydrogen) atoms. The van der Waals surface area contributed by atoms with Gasteiger partial charge >= 0.3 is 5.97 Å². The molecule has 4 aromatic rings. The van der Waals surface area contributed by atoms with Crippen LogP contribution in [0.2, 0.25) is 0 Å². The van der Waals surface area contributed by atoms with E-state index in [1.807, 2.05) is 60.7 Å². The van der Waals surface area contributed by atoms with Gasteiger partial charge in [0.15, 0.2) is 14.7 Å². The second kappa shape index (κ2) is 9.46. The molecule has 2 nitrogen and oxygen atoms in total. The number of halogens is 5. The third kappa shape index (κ3) is 4.47. The Balaban J connectivity index is 1.73. The zero-order chi connectivity index (χ0) is 23.5. The maximum Gasteiger partial charge on any atom is 0.343 e. The summed E-state index contributed by atoms with van der Waals surface area (Å²) in [5.41, 5.74) is -0.110. The molecule has 0 atom stereocenters. The van der Waals surface area contributed by atoms with E-state index < -0.39 is 51.7 Å². The van der Waals surface area contributed by atoms with Crippen molar-refractivity contribution in [3.63, 3.8) is 0 Å². The lowest BCUT2D eigenvalue weighted by Crippen LogP contribution is -2.14. The molecule has 0 aliphatic rings. The third-order valence-corrected chi connectivity index (χ3v) is 6.84. The molecule has 0 radical (unpaired) electrons. The molecule has 0 unspecified atom stereocenters. The molecule has 0 N–H and O–H groups in total. The quantitative estimate of drug-likeness (QED) is 0.0806. The Morgan fingerprint density at radius 3 is 1.55 bits per heavy atom. The minimum atomic E-state index is -2.33. The third-order valence-electron chi connectivity index (χ3n) is 4.63. The van der Waals surface area contributed by atoms with Gasteiger partial charge in [0.05, 0.1) is 16.5 Å². The van der Waals surface area contributed by atoms with Gasteiger partial charge in [-0.15, -0.1) is 0 Å². The number of carbonyl (C=O) groups excluding carboxylic acids is 1. The Hall–Kier alpha value is -3.65. The fraction of sp³-hybridized carbons (Fsp3) is 0. The van der Waals surface area contributed by atoms with E-state index in [0.717, 1.165) is 9.79 Å². The number of hydrogen-bond donors (Lipinski definition) is 0. The molecule has 0 amide bonds. The minimum absolute atomic E-state index is 0.110. The number of carbonyl (C=O) groups is 1. The van der Waals surface area contributed by atoms with Gasteiger partial charge in [0.1, 0.15) is 0 Å². The van der Waals surface area contributed by atoms with E-state index in [1.165, 1.54) is 12.1 Å². The molecule has 0 saturated heterocycles. The molecule has 0 aliphatic heterocycles. The van der Waals surface area contributed by atoms with Crippen molar-refractivity contribution in [1.82, 2.24) is 0 Å². The van der Waals surface area contributed by atoms with E-state index in [4.69, 9.17) is 0 Å². The number of ether oxygens (including phenoxy) is 1. The smallest absolute Gasteiger partial charge is 0.343 e. The maximum atomic E-state index is 13.9. The fourth-order valence-electron chi connectivity index (χ4n) is 3.10. The summed E-state index contributed by atoms with van der Waals surface area (Å²) in [6, 6.07) is 25.1. The highest BCUT2D eigenvalue weighted by molar-refractivity contribution is 7.97. The van der Waals surface area contributed by atoms with Crippen LogP contribution in [-0.2, 0) is 10.9 Å². The first-order valence-electron chi connectivity index (χ1n) is 9.56. The predicted octanol–water partition coefficient (Wildman–Crippen LogP) is 6.70. The Kier molecular flexibility index (Phi) is 6.46. The lowest BCUT2D eigenvalue weighted by atomic mass is 10.2. The van der Waals surface area contributed by atoms with E-state index >= 15 is 0 Å². The van der Waals surface area contributed by atoms with Crippen molar-refractivity contribution >= 4 is 16.9 Å². The number of rotatable bonds is 5. The molecule has 0 spiro atoms. The van der Waals surface area contributed by atoms with E-state index in [0.29, 0.717) is 4.90 Å². The fourth-order valence-corrected chi connectivity index (χ4v) is 5.23. The summed E-state index contributed by atoms with van der Waals surface area (Å²) in [5, 5.41) is 0. The number of esters is 1. The van der Waals surface area contributed by atoms with Gasteiger partial charge in [0.25, 0.3) is 0 Å². The van der Waals surface area contributed by atoms with Crippen LogP contribution < -0.4 is 4.74 Å². The van der Waals surface area contributed by atoms with Gasteiger partial charge in [-0.05, 0) is 36.4 Å². The van der Waals surface area contributed by atoms with E-state index in [9.17, 15) is 26.7 Å². The number of benzene rings is 4. The van der Waals surface area contributed by atoms with Gasteiger partial charge in [0.2, 0.25) is 34.8 Å². The molecule has 0 saturated carbocycles. The summed E-state index contributed by atoms with van der Waals surface area (Å²) in [4.78, 5) is 15.2. The van der Waals surface area contributed by atoms with Gasteiger partial charge < -0.3 is 4.74 Å². The van der Waals surface area contributed by atoms with Crippen molar-refractivity contribution in [3.8, 4) is 5.75 Å². The van der Waals surface area contributed by atoms with Crippen molar-refractivity contribution in [2.45, 2.75) is 14.7 Å². The zero-order valence-corrected chi connectivity index (χ0v) is 17.5. The average molecular weight is 473 g/mol. The predicted molar refractivity (Wildman–Crippen MR) is 113 cm³/mol. The molecule has 4 aromatic carbocycles. The molecule has 0 bridgehead atoms. The standard InChI is InChI=1S/C25H14F5O2S/c26-19-20(27)22(29)24(23(30)21(19)28)32-25(31)15-8-7-13-18(14-15)33(16-9-3-1-4-10-16)17-11-5-2-6-12-17/h1-14H/q+1. The molecular weight excluding hydrogens is 459 g/mol. The molecular formula is C25H14F5O2S+. The zero-order valence-electron chi connectivity index (χ0n) is 16.7. The van der Waals surface area contributed by atoms with Crippen LogP contribution in [0.15, 0.2) is 99.6 Å². The highest BCUT2D eigenvalue weighted by atomic mass is 32.2. The van der Waals surface area contributed by atoms with E-state index in [1.54, 1.807) is 12.1 Å². The summed E-state index contributed by atoms with van der Waals surface area (Å²) in [7, 11) is -0.633. The summed E-state index contributed by atoms with van der Waals surface area (Å²) in [6.07, 6.45) is 0. The molecule has 166 valence electrons. The van der Waals surface area contributed by atoms with Crippen molar-refractivity contribution in [2.24, 2.45) is 0 Å². The SMILES string of the molecule is O=C(Oc1c(F)c(F)c(F)c(F)c1F)c1cccc([S+](c2ccccc2)c2ccccc2)c1. The topological polar surface area (TPSA) is 26.3 Å². The highest BCUT2D eigenvalue weighted by Crippen LogP contribution is 2.33. The van der Waals surface area contributed by atoms with Crippen molar-refractivity contribution < 1.29 is 31.5 Å². The Morgan fingerprint density at radius 1 is 0.576 bits per heavy atom. The van der Waals surface area contributed by atoms with Crippen molar-refractivity contribution in [1.29, 1.82) is 0 Å². The Bertz CT molecular complexity index is 1240. The normalized spacial score (nSPS) is 11.0. The van der Waals surface area contributed by atoms with Gasteiger partial charge in [-0.1, -0.05) is 42.5 Å². The van der Waals surface area contributed by atoms with Gasteiger partial charge in [-0.3, -0.25) is 0 Å². The monoisotopic (exact) mass is 473 g/mol. The lowest BCUT2D eigenvalue weighted by Gasteiger charge is -2.10. The van der Waals surface area contributed by atoms with Crippen LogP contribution in [0, 0.1) is 29.1 Å². The van der Waals surface area contributed by atoms with Crippen LogP contribution in [0.4, 0.5) is 22.0 Å². The second-order valence-corrected chi connectivity index (χ2v) is 8.78. The molecule has 4 rings (SSSR count).